The molecule has 0 aliphatic heterocycles. The van der Waals surface area contributed by atoms with E-state index in [4.69, 9.17) is 11.5 Å². The Morgan fingerprint density at radius 1 is 0.611 bits per heavy atom. The predicted molar refractivity (Wildman–Crippen MR) is 314 cm³/mol. The maximum Gasteiger partial charge on any atom is 0.251 e. The largest absolute Gasteiger partial charge is 0.383 e. The maximum absolute atomic E-state index is 12.4. The van der Waals surface area contributed by atoms with Crippen LogP contribution < -0.4 is 25.8 Å². The number of nitrogen functional groups attached to an aromatic ring is 2. The quantitative estimate of drug-likeness (QED) is 0.0248. The van der Waals surface area contributed by atoms with Crippen LogP contribution in [-0.2, 0) is 0 Å². The first-order chi connectivity index (χ1) is 34.3. The molecular weight excluding hydrogens is 1250 g/mol. The predicted octanol–water partition coefficient (Wildman–Crippen LogP) is 8.73. The zero-order valence-corrected chi connectivity index (χ0v) is 51.2. The third-order valence-electron chi connectivity index (χ3n) is 9.85. The summed E-state index contributed by atoms with van der Waals surface area (Å²) in [5.74, 6) is 0.669. The number of carbonyl (C=O) groups is 2. The molecule has 72 heavy (non-hydrogen) atoms. The molecule has 7 aromatic rings. The molecule has 0 unspecified atom stereocenters. The number of nitrogens with two attached hydrogens (primary N) is 2. The molecule has 16 nitrogen and oxygen atoms in total. The SMILES string of the molecule is CN(C)CCNC(=O)c1cccc(-c2cnc(N)c(Br)c2)c1.CSc1ncc[c]([Sn]([CH3])([CH3])[CH3])n1.CSc1nccc(-c2cc(-c3cccc(C(=O)NCCN(C)C)c3)cnc2N)n1.CSc1nccc(I)n1. The molecule has 0 saturated heterocycles. The van der Waals surface area contributed by atoms with Gasteiger partial charge in [0.15, 0.2) is 10.3 Å². The first-order valence-corrected chi connectivity index (χ1v) is 37.9. The van der Waals surface area contributed by atoms with E-state index in [9.17, 15) is 9.59 Å². The fourth-order valence-electron chi connectivity index (χ4n) is 5.98. The molecule has 0 radical (unpaired) electrons. The molecule has 5 heterocycles. The summed E-state index contributed by atoms with van der Waals surface area (Å²) in [6, 6.07) is 24.5. The van der Waals surface area contributed by atoms with E-state index in [1.165, 1.54) is 15.5 Å². The van der Waals surface area contributed by atoms with Gasteiger partial charge >= 0.3 is 82.3 Å². The van der Waals surface area contributed by atoms with Crippen LogP contribution in [-0.4, -0.2) is 153 Å². The topological polar surface area (TPSA) is 220 Å². The Morgan fingerprint density at radius 2 is 1.08 bits per heavy atom. The van der Waals surface area contributed by atoms with E-state index < -0.39 is 18.4 Å². The minimum Gasteiger partial charge on any atom is -0.383 e. The molecule has 2 amide bonds. The first-order valence-electron chi connectivity index (χ1n) is 22.3. The number of pyridine rings is 2. The van der Waals surface area contributed by atoms with Crippen molar-refractivity contribution in [3.8, 4) is 33.5 Å². The Labute approximate surface area is 462 Å². The number of carbonyl (C=O) groups excluding carboxylic acids is 2. The molecule has 0 bridgehead atoms. The molecule has 6 N–H and O–H groups in total. The number of halogens is 2. The fourth-order valence-corrected chi connectivity index (χ4v) is 11.1. The van der Waals surface area contributed by atoms with Gasteiger partial charge in [0, 0.05) is 78.8 Å². The van der Waals surface area contributed by atoms with Gasteiger partial charge in [-0.1, -0.05) is 47.8 Å². The van der Waals surface area contributed by atoms with Crippen LogP contribution in [0.1, 0.15) is 20.7 Å². The third kappa shape index (κ3) is 20.4. The van der Waals surface area contributed by atoms with Crippen molar-refractivity contribution in [3.05, 3.63) is 129 Å². The molecule has 2 aromatic carbocycles. The van der Waals surface area contributed by atoms with Crippen molar-refractivity contribution in [3.63, 3.8) is 0 Å². The first kappa shape index (κ1) is 60.1. The monoisotopic (exact) mass is 1310 g/mol. The number of amides is 2. The zero-order chi connectivity index (χ0) is 52.8. The Hall–Kier alpha value is -4.50. The molecule has 7 rings (SSSR count). The van der Waals surface area contributed by atoms with Crippen LogP contribution in [0.4, 0.5) is 11.6 Å². The average molecular weight is 1310 g/mol. The van der Waals surface area contributed by atoms with Gasteiger partial charge in [0.25, 0.3) is 11.8 Å². The average Bonchev–Trinajstić information content (AvgIpc) is 3.37. The minimum atomic E-state index is -1.94. The van der Waals surface area contributed by atoms with Gasteiger partial charge in [-0.3, -0.25) is 9.59 Å². The van der Waals surface area contributed by atoms with E-state index in [1.54, 1.807) is 60.4 Å². The Morgan fingerprint density at radius 3 is 1.56 bits per heavy atom. The Kier molecular flexibility index (Phi) is 25.6. The summed E-state index contributed by atoms with van der Waals surface area (Å²) in [5, 5.41) is 8.24. The van der Waals surface area contributed by atoms with Crippen molar-refractivity contribution in [2.45, 2.75) is 30.3 Å². The second kappa shape index (κ2) is 30.6. The number of hydrogen-bond acceptors (Lipinski definition) is 17. The van der Waals surface area contributed by atoms with Gasteiger partial charge in [-0.2, -0.15) is 0 Å². The van der Waals surface area contributed by atoms with Crippen molar-refractivity contribution < 1.29 is 9.59 Å². The summed E-state index contributed by atoms with van der Waals surface area (Å²) in [4.78, 5) is 69.7. The Bertz CT molecular complexity index is 2860. The van der Waals surface area contributed by atoms with Crippen LogP contribution in [0.5, 0.6) is 0 Å². The van der Waals surface area contributed by atoms with Crippen LogP contribution in [0.25, 0.3) is 33.5 Å². The van der Waals surface area contributed by atoms with Crippen LogP contribution in [0.15, 0.2) is 130 Å². The third-order valence-corrected chi connectivity index (χ3v) is 18.0. The van der Waals surface area contributed by atoms with E-state index in [1.807, 2.05) is 124 Å². The molecule has 22 heteroatoms. The number of anilines is 2. The second-order valence-electron chi connectivity index (χ2n) is 17.0. The van der Waals surface area contributed by atoms with E-state index in [-0.39, 0.29) is 11.8 Å². The van der Waals surface area contributed by atoms with Crippen molar-refractivity contribution in [2.75, 3.05) is 84.6 Å². The zero-order valence-electron chi connectivity index (χ0n) is 42.1. The van der Waals surface area contributed by atoms with E-state index in [0.717, 1.165) is 59.4 Å². The van der Waals surface area contributed by atoms with Crippen molar-refractivity contribution >= 4 is 119 Å². The molecule has 380 valence electrons. The normalized spacial score (nSPS) is 10.8. The summed E-state index contributed by atoms with van der Waals surface area (Å²) in [6.07, 6.45) is 14.6. The Balaban J connectivity index is 0.000000229. The van der Waals surface area contributed by atoms with Gasteiger partial charge in [0.05, 0.1) is 10.2 Å². The summed E-state index contributed by atoms with van der Waals surface area (Å²) >= 11 is 8.22. The maximum atomic E-state index is 12.4. The smallest absolute Gasteiger partial charge is 0.251 e. The van der Waals surface area contributed by atoms with Gasteiger partial charge < -0.3 is 31.9 Å². The number of nitrogens with one attached hydrogen (secondary N) is 2. The molecular formula is C50H62BrIN14O2S3Sn. The number of likely N-dealkylation sites (N-methyl/N-ethyl adjacent to an activating group) is 2. The fraction of sp³-hybridized carbons (Fsp3) is 0.280. The number of thioether (sulfide) groups is 3. The second-order valence-corrected chi connectivity index (χ2v) is 35.6. The summed E-state index contributed by atoms with van der Waals surface area (Å²) < 4.78 is 3.04. The molecule has 0 saturated carbocycles. The summed E-state index contributed by atoms with van der Waals surface area (Å²) in [5.41, 5.74) is 18.1. The standard InChI is InChI=1S/C21H24N6OS.C16H19BrN4O.C5H5IN2S.C5H5N2S.3CH3.Sn/c1-27(2)10-9-23-20(28)15-6-4-5-14(11-15)16-12-17(19(22)25-13-16)18-7-8-24-21(26-18)29-3;1-21(2)7-6-19-16(22)12-5-3-4-11(8-12)13-9-14(17)15(18)20-10-13;1-9-5-7-3-2-4(6)8-5;1-8-5-6-3-2-4-7-5;;;;/h4-8,11-13H,9-10H2,1-3H3,(H2,22,25)(H,23,28);3-5,8-10H,6-7H2,1-2H3,(H2,18,20)(H,19,22);2-3H,1H3;2-3H,1H3;3*1H3;. The number of aromatic nitrogens is 8. The van der Waals surface area contributed by atoms with Gasteiger partial charge in [0.2, 0.25) is 0 Å². The molecule has 0 aliphatic rings. The molecule has 0 atom stereocenters. The summed E-state index contributed by atoms with van der Waals surface area (Å²) in [6.45, 7) is 2.80. The number of rotatable bonds is 15. The molecule has 5 aromatic heterocycles. The van der Waals surface area contributed by atoms with Gasteiger partial charge in [-0.05, 0) is 139 Å². The van der Waals surface area contributed by atoms with E-state index >= 15 is 0 Å². The van der Waals surface area contributed by atoms with Crippen molar-refractivity contribution in [1.82, 2.24) is 60.3 Å². The molecule has 0 fully saturated rings. The van der Waals surface area contributed by atoms with E-state index in [0.29, 0.717) is 46.7 Å². The number of benzene rings is 2. The van der Waals surface area contributed by atoms with Crippen molar-refractivity contribution in [2.24, 2.45) is 0 Å². The van der Waals surface area contributed by atoms with Gasteiger partial charge in [-0.15, -0.1) is 0 Å². The molecule has 0 spiro atoms. The van der Waals surface area contributed by atoms with Crippen LogP contribution in [0.3, 0.4) is 0 Å². The number of hydrogen-bond donors (Lipinski definition) is 4. The number of nitrogens with zero attached hydrogens (tertiary/aromatic N) is 10. The molecule has 0 aliphatic carbocycles. The van der Waals surface area contributed by atoms with Crippen LogP contribution in [0.2, 0.25) is 14.8 Å². The van der Waals surface area contributed by atoms with Gasteiger partial charge in [0.1, 0.15) is 15.3 Å². The van der Waals surface area contributed by atoms with E-state index in [2.05, 4.69) is 110 Å². The van der Waals surface area contributed by atoms with Crippen LogP contribution >= 0.6 is 73.8 Å². The minimum absolute atomic E-state index is 0.0776. The van der Waals surface area contributed by atoms with Gasteiger partial charge in [-0.25, -0.2) is 29.9 Å². The van der Waals surface area contributed by atoms with Crippen LogP contribution in [0, 0.1) is 3.70 Å². The summed E-state index contributed by atoms with van der Waals surface area (Å²) in [7, 11) is 7.88. The van der Waals surface area contributed by atoms with Crippen molar-refractivity contribution in [1.29, 1.82) is 0 Å².